The maximum Gasteiger partial charge on any atom is 0.267 e. The summed E-state index contributed by atoms with van der Waals surface area (Å²) in [6, 6.07) is 17.4. The molecule has 0 radical (unpaired) electrons. The topological polar surface area (TPSA) is 53.4 Å². The summed E-state index contributed by atoms with van der Waals surface area (Å²) in [6.07, 6.45) is 4.32. The molecule has 5 nitrogen and oxygen atoms in total. The van der Waals surface area contributed by atoms with E-state index in [1.54, 1.807) is 34.8 Å². The standard InChI is InChI=1S/C25H24N2O3S2/c1-29-19-11-7-8-17(16-19)27-24(28)22-20-12-5-6-13-21(20)32-23(22)26-25(27)31-15-14-30-18-9-3-2-4-10-18/h2-4,7-11,16H,5-6,12-15H2,1H3. The predicted octanol–water partition coefficient (Wildman–Crippen LogP) is 5.51. The van der Waals surface area contributed by atoms with Gasteiger partial charge >= 0.3 is 0 Å². The van der Waals surface area contributed by atoms with E-state index in [9.17, 15) is 4.79 Å². The highest BCUT2D eigenvalue weighted by molar-refractivity contribution is 7.99. The van der Waals surface area contributed by atoms with E-state index in [1.807, 2.05) is 54.6 Å². The average molecular weight is 465 g/mol. The molecule has 0 unspecified atom stereocenters. The molecule has 0 saturated heterocycles. The lowest BCUT2D eigenvalue weighted by Crippen LogP contribution is -2.22. The van der Waals surface area contributed by atoms with E-state index in [0.717, 1.165) is 40.9 Å². The van der Waals surface area contributed by atoms with E-state index in [1.165, 1.54) is 16.9 Å². The second-order valence-corrected chi connectivity index (χ2v) is 9.78. The number of ether oxygens (including phenoxy) is 2. The fraction of sp³-hybridized carbons (Fsp3) is 0.280. The first-order valence-corrected chi connectivity index (χ1v) is 12.6. The summed E-state index contributed by atoms with van der Waals surface area (Å²) in [7, 11) is 1.63. The summed E-state index contributed by atoms with van der Waals surface area (Å²) in [5.41, 5.74) is 1.98. The number of benzene rings is 2. The molecule has 4 aromatic rings. The van der Waals surface area contributed by atoms with Crippen LogP contribution in [0.4, 0.5) is 0 Å². The summed E-state index contributed by atoms with van der Waals surface area (Å²) in [4.78, 5) is 20.9. The van der Waals surface area contributed by atoms with Crippen molar-refractivity contribution < 1.29 is 9.47 Å². The monoisotopic (exact) mass is 464 g/mol. The van der Waals surface area contributed by atoms with Crippen molar-refractivity contribution in [2.75, 3.05) is 19.5 Å². The SMILES string of the molecule is COc1cccc(-n2c(SCCOc3ccccc3)nc3sc4c(c3c2=O)CCCC4)c1. The normalized spacial score (nSPS) is 13.2. The van der Waals surface area contributed by atoms with Crippen LogP contribution in [0.3, 0.4) is 0 Å². The first-order valence-electron chi connectivity index (χ1n) is 10.8. The lowest BCUT2D eigenvalue weighted by molar-refractivity contribution is 0.344. The third-order valence-electron chi connectivity index (χ3n) is 5.60. The fourth-order valence-electron chi connectivity index (χ4n) is 4.07. The third-order valence-corrected chi connectivity index (χ3v) is 7.68. The van der Waals surface area contributed by atoms with Crippen molar-refractivity contribution in [3.63, 3.8) is 0 Å². The summed E-state index contributed by atoms with van der Waals surface area (Å²) in [5.74, 6) is 2.24. The highest BCUT2D eigenvalue weighted by Crippen LogP contribution is 2.35. The Hall–Kier alpha value is -2.77. The zero-order chi connectivity index (χ0) is 21.9. The molecule has 0 bridgehead atoms. The molecule has 2 heterocycles. The smallest absolute Gasteiger partial charge is 0.267 e. The van der Waals surface area contributed by atoms with Crippen LogP contribution in [0.1, 0.15) is 23.3 Å². The molecular formula is C25H24N2O3S2. The lowest BCUT2D eigenvalue weighted by Gasteiger charge is -2.14. The largest absolute Gasteiger partial charge is 0.497 e. The Labute approximate surface area is 195 Å². The van der Waals surface area contributed by atoms with Crippen LogP contribution in [0.2, 0.25) is 0 Å². The Morgan fingerprint density at radius 1 is 1.06 bits per heavy atom. The van der Waals surface area contributed by atoms with Crippen molar-refractivity contribution in [1.29, 1.82) is 0 Å². The van der Waals surface area contributed by atoms with Crippen LogP contribution in [0, 0.1) is 0 Å². The molecule has 7 heteroatoms. The maximum atomic E-state index is 13.8. The van der Waals surface area contributed by atoms with Crippen LogP contribution < -0.4 is 15.0 Å². The summed E-state index contributed by atoms with van der Waals surface area (Å²) >= 11 is 3.22. The van der Waals surface area contributed by atoms with Crippen LogP contribution in [0.5, 0.6) is 11.5 Å². The first-order chi connectivity index (χ1) is 15.7. The zero-order valence-electron chi connectivity index (χ0n) is 17.9. The second kappa shape index (κ2) is 9.38. The van der Waals surface area contributed by atoms with Gasteiger partial charge in [0.25, 0.3) is 5.56 Å². The second-order valence-electron chi connectivity index (χ2n) is 7.64. The minimum absolute atomic E-state index is 0.00845. The van der Waals surface area contributed by atoms with Crippen molar-refractivity contribution in [2.24, 2.45) is 0 Å². The van der Waals surface area contributed by atoms with Crippen LogP contribution in [0.25, 0.3) is 15.9 Å². The van der Waals surface area contributed by atoms with Gasteiger partial charge in [0.1, 0.15) is 16.3 Å². The minimum atomic E-state index is 0.00845. The number of aromatic nitrogens is 2. The molecule has 0 atom stereocenters. The molecule has 0 saturated carbocycles. The molecule has 1 aliphatic carbocycles. The third kappa shape index (κ3) is 4.14. The molecular weight excluding hydrogens is 440 g/mol. The summed E-state index contributed by atoms with van der Waals surface area (Å²) < 4.78 is 13.0. The highest BCUT2D eigenvalue weighted by atomic mass is 32.2. The average Bonchev–Trinajstić information content (AvgIpc) is 3.21. The van der Waals surface area contributed by atoms with Gasteiger partial charge in [0.15, 0.2) is 5.16 Å². The Kier molecular flexibility index (Phi) is 6.19. The van der Waals surface area contributed by atoms with Gasteiger partial charge in [-0.25, -0.2) is 4.98 Å². The number of rotatable bonds is 7. The predicted molar refractivity (Wildman–Crippen MR) is 131 cm³/mol. The number of hydrogen-bond acceptors (Lipinski definition) is 6. The molecule has 32 heavy (non-hydrogen) atoms. The van der Waals surface area contributed by atoms with Crippen LogP contribution in [-0.4, -0.2) is 29.0 Å². The van der Waals surface area contributed by atoms with Crippen molar-refractivity contribution in [3.05, 3.63) is 75.4 Å². The number of hydrogen-bond donors (Lipinski definition) is 0. The molecule has 0 spiro atoms. The number of thioether (sulfide) groups is 1. The van der Waals surface area contributed by atoms with Crippen molar-refractivity contribution >= 4 is 33.3 Å². The molecule has 164 valence electrons. The Morgan fingerprint density at radius 3 is 2.72 bits per heavy atom. The number of thiophene rings is 1. The van der Waals surface area contributed by atoms with Crippen LogP contribution in [-0.2, 0) is 12.8 Å². The molecule has 0 N–H and O–H groups in total. The van der Waals surface area contributed by atoms with Gasteiger partial charge in [0.2, 0.25) is 0 Å². The Bertz CT molecular complexity index is 1300. The van der Waals surface area contributed by atoms with E-state index in [2.05, 4.69) is 0 Å². The fourth-order valence-corrected chi connectivity index (χ4v) is 6.20. The van der Waals surface area contributed by atoms with Crippen molar-refractivity contribution in [2.45, 2.75) is 30.8 Å². The van der Waals surface area contributed by atoms with Crippen molar-refractivity contribution in [3.8, 4) is 17.2 Å². The van der Waals surface area contributed by atoms with Crippen LogP contribution >= 0.6 is 23.1 Å². The van der Waals surface area contributed by atoms with E-state index in [4.69, 9.17) is 14.5 Å². The summed E-state index contributed by atoms with van der Waals surface area (Å²) in [6.45, 7) is 0.529. The number of nitrogens with zero attached hydrogens (tertiary/aromatic N) is 2. The van der Waals surface area contributed by atoms with E-state index >= 15 is 0 Å². The lowest BCUT2D eigenvalue weighted by atomic mass is 9.97. The van der Waals surface area contributed by atoms with Gasteiger partial charge in [-0.1, -0.05) is 36.0 Å². The van der Waals surface area contributed by atoms with E-state index < -0.39 is 0 Å². The zero-order valence-corrected chi connectivity index (χ0v) is 19.5. The number of para-hydroxylation sites is 1. The van der Waals surface area contributed by atoms with Crippen LogP contribution in [0.15, 0.2) is 64.5 Å². The quantitative estimate of drug-likeness (QED) is 0.205. The Balaban J connectivity index is 1.53. The van der Waals surface area contributed by atoms with Gasteiger partial charge in [-0.2, -0.15) is 0 Å². The molecule has 0 aliphatic heterocycles. The van der Waals surface area contributed by atoms with E-state index in [-0.39, 0.29) is 5.56 Å². The molecule has 5 rings (SSSR count). The highest BCUT2D eigenvalue weighted by Gasteiger charge is 2.23. The minimum Gasteiger partial charge on any atom is -0.497 e. The molecule has 2 aromatic heterocycles. The number of methoxy groups -OCH3 is 1. The molecule has 0 fully saturated rings. The summed E-state index contributed by atoms with van der Waals surface area (Å²) in [5, 5.41) is 1.48. The maximum absolute atomic E-state index is 13.8. The van der Waals surface area contributed by atoms with Gasteiger partial charge in [0, 0.05) is 16.7 Å². The Morgan fingerprint density at radius 2 is 1.88 bits per heavy atom. The van der Waals surface area contributed by atoms with Crippen molar-refractivity contribution in [1.82, 2.24) is 9.55 Å². The van der Waals surface area contributed by atoms with Gasteiger partial charge in [-0.05, 0) is 55.5 Å². The van der Waals surface area contributed by atoms with Gasteiger partial charge in [-0.3, -0.25) is 9.36 Å². The first kappa shape index (κ1) is 21.1. The number of fused-ring (bicyclic) bond motifs is 3. The van der Waals surface area contributed by atoms with Gasteiger partial charge in [0.05, 0.1) is 24.8 Å². The van der Waals surface area contributed by atoms with Gasteiger partial charge in [-0.15, -0.1) is 11.3 Å². The molecule has 0 amide bonds. The molecule has 1 aliphatic rings. The number of aryl methyl sites for hydroxylation is 2. The molecule has 2 aromatic carbocycles. The van der Waals surface area contributed by atoms with E-state index in [0.29, 0.717) is 23.3 Å². The van der Waals surface area contributed by atoms with Gasteiger partial charge < -0.3 is 9.47 Å².